The lowest BCUT2D eigenvalue weighted by atomic mass is 9.97. The number of amides is 1. The molecule has 0 aliphatic heterocycles. The van der Waals surface area contributed by atoms with Gasteiger partial charge in [-0.15, -0.1) is 11.3 Å². The molecule has 0 unspecified atom stereocenters. The van der Waals surface area contributed by atoms with Crippen molar-refractivity contribution in [2.75, 3.05) is 5.32 Å². The quantitative estimate of drug-likeness (QED) is 0.704. The Kier molecular flexibility index (Phi) is 4.61. The van der Waals surface area contributed by atoms with Crippen molar-refractivity contribution in [3.05, 3.63) is 57.0 Å². The molecule has 1 N–H and O–H groups in total. The fraction of sp³-hybridized carbons (Fsp3) is 0.300. The number of carbonyl (C=O) groups excluding carboxylic acids is 2. The zero-order valence-electron chi connectivity index (χ0n) is 14.9. The second-order valence-corrected chi connectivity index (χ2v) is 7.84. The van der Waals surface area contributed by atoms with Crippen LogP contribution in [0.1, 0.15) is 40.6 Å². The van der Waals surface area contributed by atoms with Crippen LogP contribution in [0.2, 0.25) is 0 Å². The van der Waals surface area contributed by atoms with Gasteiger partial charge in [0.05, 0.1) is 11.7 Å². The molecule has 27 heavy (non-hydrogen) atoms. The molecule has 1 amide bonds. The van der Waals surface area contributed by atoms with Crippen LogP contribution in [0.25, 0.3) is 10.2 Å². The van der Waals surface area contributed by atoms with E-state index in [0.29, 0.717) is 16.6 Å². The molecule has 138 valence electrons. The number of thiophene rings is 1. The van der Waals surface area contributed by atoms with E-state index in [2.05, 4.69) is 10.3 Å². The maximum atomic E-state index is 12.9. The average molecular weight is 381 g/mol. The maximum absolute atomic E-state index is 12.9. The zero-order chi connectivity index (χ0) is 19.0. The van der Waals surface area contributed by atoms with Gasteiger partial charge in [-0.25, -0.2) is 4.98 Å². The summed E-state index contributed by atoms with van der Waals surface area (Å²) < 4.78 is 1.36. The molecule has 2 heterocycles. The molecule has 0 atom stereocenters. The molecule has 0 spiro atoms. The number of hydrogen-bond donors (Lipinski definition) is 1. The highest BCUT2D eigenvalue weighted by atomic mass is 32.1. The highest BCUT2D eigenvalue weighted by Crippen LogP contribution is 2.33. The predicted molar refractivity (Wildman–Crippen MR) is 106 cm³/mol. The number of aromatic nitrogens is 2. The lowest BCUT2D eigenvalue weighted by Crippen LogP contribution is -2.28. The number of aryl methyl sites for hydroxylation is 2. The van der Waals surface area contributed by atoms with E-state index in [9.17, 15) is 14.4 Å². The highest BCUT2D eigenvalue weighted by molar-refractivity contribution is 7.18. The van der Waals surface area contributed by atoms with Crippen molar-refractivity contribution in [1.82, 2.24) is 9.55 Å². The summed E-state index contributed by atoms with van der Waals surface area (Å²) in [5.74, 6) is -0.401. The van der Waals surface area contributed by atoms with Gasteiger partial charge in [0.25, 0.3) is 5.56 Å². The molecule has 6 nitrogen and oxygen atoms in total. The van der Waals surface area contributed by atoms with E-state index in [1.54, 1.807) is 35.6 Å². The van der Waals surface area contributed by atoms with Gasteiger partial charge in [-0.05, 0) is 50.3 Å². The summed E-state index contributed by atoms with van der Waals surface area (Å²) in [7, 11) is 0. The molecule has 3 aromatic rings. The minimum absolute atomic E-state index is 0.0702. The average Bonchev–Trinajstić information content (AvgIpc) is 3.03. The second kappa shape index (κ2) is 7.08. The van der Waals surface area contributed by atoms with Crippen molar-refractivity contribution in [3.63, 3.8) is 0 Å². The summed E-state index contributed by atoms with van der Waals surface area (Å²) in [5, 5.41) is 3.41. The molecule has 0 radical (unpaired) electrons. The first-order valence-electron chi connectivity index (χ1n) is 8.93. The van der Waals surface area contributed by atoms with Gasteiger partial charge in [0.2, 0.25) is 5.91 Å². The van der Waals surface area contributed by atoms with Crippen molar-refractivity contribution < 1.29 is 9.59 Å². The molecule has 0 bridgehead atoms. The van der Waals surface area contributed by atoms with Gasteiger partial charge in [-0.1, -0.05) is 12.1 Å². The summed E-state index contributed by atoms with van der Waals surface area (Å²) in [6, 6.07) is 6.74. The molecule has 2 aromatic heterocycles. The van der Waals surface area contributed by atoms with Gasteiger partial charge in [0.1, 0.15) is 11.4 Å². The first-order chi connectivity index (χ1) is 13.0. The molecule has 1 aromatic carbocycles. The Balaban J connectivity index is 1.59. The van der Waals surface area contributed by atoms with Crippen LogP contribution in [0.3, 0.4) is 0 Å². The number of benzene rings is 1. The summed E-state index contributed by atoms with van der Waals surface area (Å²) in [4.78, 5) is 43.2. The Labute approximate surface area is 159 Å². The predicted octanol–water partition coefficient (Wildman–Crippen LogP) is 3.18. The molecule has 0 saturated heterocycles. The minimum atomic E-state index is -0.331. The third-order valence-corrected chi connectivity index (χ3v) is 6.01. The molecule has 0 fully saturated rings. The monoisotopic (exact) mass is 381 g/mol. The lowest BCUT2D eigenvalue weighted by molar-refractivity contribution is -0.116. The Morgan fingerprint density at radius 2 is 2.07 bits per heavy atom. The number of fused-ring (bicyclic) bond motifs is 3. The largest absolute Gasteiger partial charge is 0.325 e. The Morgan fingerprint density at radius 3 is 2.89 bits per heavy atom. The third kappa shape index (κ3) is 3.42. The van der Waals surface area contributed by atoms with Gasteiger partial charge in [0.15, 0.2) is 5.78 Å². The molecule has 0 saturated carbocycles. The summed E-state index contributed by atoms with van der Waals surface area (Å²) in [6.45, 7) is 1.36. The number of rotatable bonds is 4. The Hall–Kier alpha value is -2.80. The number of Topliss-reactive ketones (excluding diaryl/α,β-unsaturated/α-hetero) is 1. The van der Waals surface area contributed by atoms with E-state index in [-0.39, 0.29) is 23.8 Å². The van der Waals surface area contributed by atoms with E-state index in [1.807, 2.05) is 0 Å². The fourth-order valence-corrected chi connectivity index (χ4v) is 4.68. The van der Waals surface area contributed by atoms with Gasteiger partial charge < -0.3 is 5.32 Å². The van der Waals surface area contributed by atoms with Crippen LogP contribution in [-0.2, 0) is 24.2 Å². The SMILES string of the molecule is CC(=O)c1cccc(NC(=O)Cn2cnc3sc4c(c3c2=O)CCCC4)c1. The van der Waals surface area contributed by atoms with Crippen molar-refractivity contribution in [2.24, 2.45) is 0 Å². The molecular weight excluding hydrogens is 362 g/mol. The van der Waals surface area contributed by atoms with E-state index in [4.69, 9.17) is 0 Å². The summed E-state index contributed by atoms with van der Waals surface area (Å²) in [5.41, 5.74) is 2.01. The van der Waals surface area contributed by atoms with Crippen molar-refractivity contribution in [2.45, 2.75) is 39.2 Å². The number of nitrogens with zero attached hydrogens (tertiary/aromatic N) is 2. The highest BCUT2D eigenvalue weighted by Gasteiger charge is 2.20. The normalized spacial score (nSPS) is 13.4. The number of nitrogens with one attached hydrogen (secondary N) is 1. The van der Waals surface area contributed by atoms with Crippen molar-refractivity contribution in [3.8, 4) is 0 Å². The van der Waals surface area contributed by atoms with Gasteiger partial charge in [0, 0.05) is 16.1 Å². The van der Waals surface area contributed by atoms with E-state index >= 15 is 0 Å². The Morgan fingerprint density at radius 1 is 1.26 bits per heavy atom. The van der Waals surface area contributed by atoms with Crippen LogP contribution < -0.4 is 10.9 Å². The third-order valence-electron chi connectivity index (χ3n) is 4.81. The zero-order valence-corrected chi connectivity index (χ0v) is 15.8. The van der Waals surface area contributed by atoms with Crippen LogP contribution in [-0.4, -0.2) is 21.2 Å². The number of hydrogen-bond acceptors (Lipinski definition) is 5. The standard InChI is InChI=1S/C20H19N3O3S/c1-12(24)13-5-4-6-14(9-13)22-17(25)10-23-11-21-19-18(20(23)26)15-7-2-3-8-16(15)27-19/h4-6,9,11H,2-3,7-8,10H2,1H3,(H,22,25). The first kappa shape index (κ1) is 17.6. The van der Waals surface area contributed by atoms with Crippen LogP contribution >= 0.6 is 11.3 Å². The van der Waals surface area contributed by atoms with Gasteiger partial charge in [-0.3, -0.25) is 19.0 Å². The van der Waals surface area contributed by atoms with Crippen LogP contribution in [0, 0.1) is 0 Å². The fourth-order valence-electron chi connectivity index (χ4n) is 3.46. The van der Waals surface area contributed by atoms with Crippen LogP contribution in [0.4, 0.5) is 5.69 Å². The summed E-state index contributed by atoms with van der Waals surface area (Å²) in [6.07, 6.45) is 5.58. The van der Waals surface area contributed by atoms with Crippen molar-refractivity contribution >= 4 is 38.9 Å². The Bertz CT molecular complexity index is 1110. The lowest BCUT2D eigenvalue weighted by Gasteiger charge is -2.11. The van der Waals surface area contributed by atoms with Crippen LogP contribution in [0.5, 0.6) is 0 Å². The number of carbonyl (C=O) groups is 2. The van der Waals surface area contributed by atoms with Crippen molar-refractivity contribution in [1.29, 1.82) is 0 Å². The van der Waals surface area contributed by atoms with E-state index < -0.39 is 0 Å². The molecular formula is C20H19N3O3S. The molecule has 4 rings (SSSR count). The van der Waals surface area contributed by atoms with Gasteiger partial charge >= 0.3 is 0 Å². The first-order valence-corrected chi connectivity index (χ1v) is 9.75. The molecule has 1 aliphatic rings. The molecule has 7 heteroatoms. The second-order valence-electron chi connectivity index (χ2n) is 6.75. The van der Waals surface area contributed by atoms with Crippen LogP contribution in [0.15, 0.2) is 35.4 Å². The van der Waals surface area contributed by atoms with E-state index in [0.717, 1.165) is 36.1 Å². The topological polar surface area (TPSA) is 81.1 Å². The maximum Gasteiger partial charge on any atom is 0.262 e. The number of ketones is 1. The summed E-state index contributed by atoms with van der Waals surface area (Å²) >= 11 is 1.59. The smallest absolute Gasteiger partial charge is 0.262 e. The van der Waals surface area contributed by atoms with E-state index in [1.165, 1.54) is 22.7 Å². The van der Waals surface area contributed by atoms with Gasteiger partial charge in [-0.2, -0.15) is 0 Å². The number of anilines is 1. The minimum Gasteiger partial charge on any atom is -0.325 e. The molecule has 1 aliphatic carbocycles.